The van der Waals surface area contributed by atoms with Crippen LogP contribution in [-0.4, -0.2) is 52.4 Å². The van der Waals surface area contributed by atoms with E-state index in [4.69, 9.17) is 4.74 Å². The lowest BCUT2D eigenvalue weighted by Gasteiger charge is -2.30. The van der Waals surface area contributed by atoms with Crippen molar-refractivity contribution in [1.29, 1.82) is 0 Å². The third-order valence-corrected chi connectivity index (χ3v) is 5.90. The zero-order valence-electron chi connectivity index (χ0n) is 15.6. The van der Waals surface area contributed by atoms with Crippen LogP contribution in [0, 0.1) is 0 Å². The number of amides is 1. The van der Waals surface area contributed by atoms with E-state index >= 15 is 0 Å². The quantitative estimate of drug-likeness (QED) is 0.553. The topological polar surface area (TPSA) is 80.2 Å². The third kappa shape index (κ3) is 5.01. The van der Waals surface area contributed by atoms with Crippen molar-refractivity contribution >= 4 is 17.7 Å². The van der Waals surface area contributed by atoms with Gasteiger partial charge in [0.1, 0.15) is 5.25 Å². The molecule has 0 bridgehead atoms. The van der Waals surface area contributed by atoms with Gasteiger partial charge in [-0.2, -0.15) is 0 Å². The summed E-state index contributed by atoms with van der Waals surface area (Å²) < 4.78 is 6.66. The van der Waals surface area contributed by atoms with Gasteiger partial charge in [-0.3, -0.25) is 9.36 Å². The molecule has 1 aromatic heterocycles. The maximum Gasteiger partial charge on any atom is 0.343 e. The lowest BCUT2D eigenvalue weighted by Crippen LogP contribution is -2.38. The highest BCUT2D eigenvalue weighted by Gasteiger charge is 2.29. The molecule has 1 aliphatic heterocycles. The monoisotopic (exact) mass is 390 g/mol. The first-order valence-corrected chi connectivity index (χ1v) is 10.2. The maximum absolute atomic E-state index is 13.2. The molecule has 2 aromatic rings. The van der Waals surface area contributed by atoms with Crippen LogP contribution in [-0.2, 0) is 16.1 Å². The standard InChI is InChI=1S/C19H26N4O3S/c1-26-14-8-13-23-18(25)20-21-19(23)27-16(15-9-4-2-5-10-15)17(24)22-11-6-3-7-12-22/h2,4-5,9-10,16H,3,6-8,11-14H2,1H3,(H,20,25). The number of likely N-dealkylation sites (tertiary alicyclic amines) is 1. The predicted octanol–water partition coefficient (Wildman–Crippen LogP) is 2.45. The minimum absolute atomic E-state index is 0.0878. The predicted molar refractivity (Wildman–Crippen MR) is 105 cm³/mol. The van der Waals surface area contributed by atoms with Crippen molar-refractivity contribution in [1.82, 2.24) is 19.7 Å². The second kappa shape index (κ2) is 9.75. The average molecular weight is 391 g/mol. The van der Waals surface area contributed by atoms with E-state index < -0.39 is 5.25 Å². The summed E-state index contributed by atoms with van der Waals surface area (Å²) in [6.07, 6.45) is 3.97. The van der Waals surface area contributed by atoms with Gasteiger partial charge in [-0.25, -0.2) is 9.89 Å². The summed E-state index contributed by atoms with van der Waals surface area (Å²) in [5.74, 6) is 0.0878. The summed E-state index contributed by atoms with van der Waals surface area (Å²) in [5, 5.41) is 6.80. The van der Waals surface area contributed by atoms with E-state index in [0.717, 1.165) is 31.5 Å². The Hall–Kier alpha value is -2.06. The van der Waals surface area contributed by atoms with Crippen molar-refractivity contribution in [2.75, 3.05) is 26.8 Å². The number of methoxy groups -OCH3 is 1. The highest BCUT2D eigenvalue weighted by atomic mass is 32.2. The van der Waals surface area contributed by atoms with Gasteiger partial charge in [0.05, 0.1) is 0 Å². The molecule has 1 amide bonds. The van der Waals surface area contributed by atoms with Crippen molar-refractivity contribution < 1.29 is 9.53 Å². The van der Waals surface area contributed by atoms with Crippen molar-refractivity contribution in [3.63, 3.8) is 0 Å². The maximum atomic E-state index is 13.2. The summed E-state index contributed by atoms with van der Waals surface area (Å²) in [6, 6.07) is 9.72. The van der Waals surface area contributed by atoms with E-state index in [0.29, 0.717) is 24.7 Å². The van der Waals surface area contributed by atoms with E-state index in [9.17, 15) is 9.59 Å². The fraction of sp³-hybridized carbons (Fsp3) is 0.526. The molecule has 7 nitrogen and oxygen atoms in total. The third-order valence-electron chi connectivity index (χ3n) is 4.67. The number of ether oxygens (including phenoxy) is 1. The normalized spacial score (nSPS) is 15.7. The van der Waals surface area contributed by atoms with Crippen LogP contribution in [0.5, 0.6) is 0 Å². The first-order chi connectivity index (χ1) is 13.2. The summed E-state index contributed by atoms with van der Waals surface area (Å²) in [6.45, 7) is 2.66. The highest BCUT2D eigenvalue weighted by molar-refractivity contribution is 8.00. The molecule has 27 heavy (non-hydrogen) atoms. The molecule has 1 atom stereocenters. The number of nitrogens with zero attached hydrogens (tertiary/aromatic N) is 3. The Morgan fingerprint density at radius 2 is 2.00 bits per heavy atom. The second-order valence-electron chi connectivity index (χ2n) is 6.60. The Balaban J connectivity index is 1.84. The van der Waals surface area contributed by atoms with E-state index in [1.165, 1.54) is 18.2 Å². The molecule has 2 heterocycles. The first kappa shape index (κ1) is 19.7. The van der Waals surface area contributed by atoms with Crippen LogP contribution < -0.4 is 5.69 Å². The minimum Gasteiger partial charge on any atom is -0.385 e. The van der Waals surface area contributed by atoms with E-state index in [1.54, 1.807) is 11.7 Å². The Bertz CT molecular complexity index is 784. The first-order valence-electron chi connectivity index (χ1n) is 9.35. The number of hydrogen-bond acceptors (Lipinski definition) is 5. The van der Waals surface area contributed by atoms with Gasteiger partial charge < -0.3 is 9.64 Å². The summed E-state index contributed by atoms with van der Waals surface area (Å²) in [5.41, 5.74) is 0.669. The molecule has 0 radical (unpaired) electrons. The van der Waals surface area contributed by atoms with E-state index in [2.05, 4.69) is 10.2 Å². The molecular formula is C19H26N4O3S. The Morgan fingerprint density at radius 3 is 2.70 bits per heavy atom. The van der Waals surface area contributed by atoms with Gasteiger partial charge in [0.15, 0.2) is 5.16 Å². The molecule has 0 spiro atoms. The fourth-order valence-corrected chi connectivity index (χ4v) is 4.39. The average Bonchev–Trinajstić information content (AvgIpc) is 3.06. The largest absolute Gasteiger partial charge is 0.385 e. The summed E-state index contributed by atoms with van der Waals surface area (Å²) in [7, 11) is 1.64. The molecule has 1 N–H and O–H groups in total. The van der Waals surface area contributed by atoms with Crippen LogP contribution in [0.1, 0.15) is 36.5 Å². The van der Waals surface area contributed by atoms with Crippen molar-refractivity contribution in [3.05, 3.63) is 46.4 Å². The van der Waals surface area contributed by atoms with Crippen molar-refractivity contribution in [2.45, 2.75) is 42.6 Å². The molecule has 8 heteroatoms. The number of thioether (sulfide) groups is 1. The number of carbonyl (C=O) groups is 1. The van der Waals surface area contributed by atoms with E-state index in [-0.39, 0.29) is 11.6 Å². The number of piperidine rings is 1. The van der Waals surface area contributed by atoms with Crippen LogP contribution in [0.15, 0.2) is 40.3 Å². The van der Waals surface area contributed by atoms with Crippen LogP contribution in [0.2, 0.25) is 0 Å². The SMILES string of the molecule is COCCCn1c(SC(C(=O)N2CCCCC2)c2ccccc2)n[nH]c1=O. The van der Waals surface area contributed by atoms with Crippen LogP contribution in [0.25, 0.3) is 0 Å². The number of benzene rings is 1. The molecule has 1 aromatic carbocycles. The van der Waals surface area contributed by atoms with Crippen LogP contribution in [0.4, 0.5) is 0 Å². The van der Waals surface area contributed by atoms with Crippen molar-refractivity contribution in [3.8, 4) is 0 Å². The number of nitrogens with one attached hydrogen (secondary N) is 1. The van der Waals surface area contributed by atoms with Gasteiger partial charge in [0.2, 0.25) is 5.91 Å². The lowest BCUT2D eigenvalue weighted by molar-refractivity contribution is -0.131. The van der Waals surface area contributed by atoms with Crippen molar-refractivity contribution in [2.24, 2.45) is 0 Å². The zero-order valence-corrected chi connectivity index (χ0v) is 16.4. The number of aromatic nitrogens is 3. The molecule has 0 aliphatic carbocycles. The molecule has 146 valence electrons. The molecule has 1 saturated heterocycles. The molecule has 3 rings (SSSR count). The minimum atomic E-state index is -0.416. The number of rotatable bonds is 8. The smallest absolute Gasteiger partial charge is 0.343 e. The van der Waals surface area contributed by atoms with E-state index in [1.807, 2.05) is 35.2 Å². The van der Waals surface area contributed by atoms with Crippen LogP contribution in [0.3, 0.4) is 0 Å². The van der Waals surface area contributed by atoms with Gasteiger partial charge in [0, 0.05) is 33.4 Å². The second-order valence-corrected chi connectivity index (χ2v) is 7.68. The van der Waals surface area contributed by atoms with Gasteiger partial charge in [-0.05, 0) is 31.2 Å². The Labute approximate surface area is 163 Å². The Morgan fingerprint density at radius 1 is 1.26 bits per heavy atom. The number of aromatic amines is 1. The van der Waals surface area contributed by atoms with Gasteiger partial charge in [0.25, 0.3) is 0 Å². The molecule has 1 aliphatic rings. The number of H-pyrrole nitrogens is 1. The van der Waals surface area contributed by atoms with Crippen LogP contribution >= 0.6 is 11.8 Å². The van der Waals surface area contributed by atoms with Gasteiger partial charge >= 0.3 is 5.69 Å². The highest BCUT2D eigenvalue weighted by Crippen LogP contribution is 2.36. The van der Waals surface area contributed by atoms with Gasteiger partial charge in [-0.15, -0.1) is 5.10 Å². The molecular weight excluding hydrogens is 364 g/mol. The summed E-state index contributed by atoms with van der Waals surface area (Å²) >= 11 is 1.34. The lowest BCUT2D eigenvalue weighted by atomic mass is 10.1. The number of carbonyl (C=O) groups excluding carboxylic acids is 1. The number of hydrogen-bond donors (Lipinski definition) is 1. The zero-order chi connectivity index (χ0) is 19.1. The Kier molecular flexibility index (Phi) is 7.11. The fourth-order valence-electron chi connectivity index (χ4n) is 3.23. The van der Waals surface area contributed by atoms with Gasteiger partial charge in [-0.1, -0.05) is 42.1 Å². The molecule has 1 unspecified atom stereocenters. The summed E-state index contributed by atoms with van der Waals surface area (Å²) in [4.78, 5) is 27.3. The molecule has 0 saturated carbocycles. The molecule has 1 fully saturated rings.